The number of phenols is 1. The van der Waals surface area contributed by atoms with Gasteiger partial charge in [-0.1, -0.05) is 6.07 Å². The number of nitrogens with one attached hydrogen (secondary N) is 1. The second-order valence-electron chi connectivity index (χ2n) is 7.10. The molecule has 31 heavy (non-hydrogen) atoms. The number of fused-ring (bicyclic) bond motifs is 1. The summed E-state index contributed by atoms with van der Waals surface area (Å²) in [5.74, 6) is 0.185. The van der Waals surface area contributed by atoms with E-state index in [2.05, 4.69) is 26.0 Å². The van der Waals surface area contributed by atoms with E-state index in [-0.39, 0.29) is 11.8 Å². The predicted octanol–water partition coefficient (Wildman–Crippen LogP) is 3.91. The number of aromatic hydroxyl groups is 1. The third-order valence-electron chi connectivity index (χ3n) is 5.14. The lowest BCUT2D eigenvalue weighted by atomic mass is 9.92. The summed E-state index contributed by atoms with van der Waals surface area (Å²) in [4.78, 5) is 16.2. The van der Waals surface area contributed by atoms with Crippen LogP contribution in [0.3, 0.4) is 0 Å². The van der Waals surface area contributed by atoms with Crippen LogP contribution in [0.5, 0.6) is 11.8 Å². The zero-order chi connectivity index (χ0) is 22.0. The highest BCUT2D eigenvalue weighted by molar-refractivity contribution is 5.94. The van der Waals surface area contributed by atoms with Gasteiger partial charge in [0.25, 0.3) is 0 Å². The molecule has 4 rings (SSSR count). The minimum atomic E-state index is 0.185. The van der Waals surface area contributed by atoms with Gasteiger partial charge in [-0.25, -0.2) is 15.0 Å². The lowest BCUT2D eigenvalue weighted by Crippen LogP contribution is -2.06. The van der Waals surface area contributed by atoms with Crippen LogP contribution in [-0.2, 0) is 4.74 Å². The SMILES string of the molecule is COCCOc1ncc(-c2cc3c(C#N)c(-c4c(C)ccc(O)c4C)cnc3[nH]2)cn1. The first-order valence-electron chi connectivity index (χ1n) is 9.69. The number of aromatic amines is 1. The fourth-order valence-corrected chi connectivity index (χ4v) is 3.54. The molecule has 0 atom stereocenters. The van der Waals surface area contributed by atoms with E-state index in [0.717, 1.165) is 22.4 Å². The van der Waals surface area contributed by atoms with E-state index in [9.17, 15) is 10.4 Å². The Kier molecular flexibility index (Phi) is 5.52. The Bertz CT molecular complexity index is 1290. The number of nitriles is 1. The van der Waals surface area contributed by atoms with Crippen LogP contribution in [0.25, 0.3) is 33.4 Å². The first kappa shape index (κ1) is 20.3. The summed E-state index contributed by atoms with van der Waals surface area (Å²) in [6.07, 6.45) is 4.96. The molecule has 0 aliphatic carbocycles. The molecular formula is C23H21N5O3. The first-order chi connectivity index (χ1) is 15.0. The van der Waals surface area contributed by atoms with Crippen LogP contribution in [0.15, 0.2) is 36.8 Å². The molecule has 4 aromatic rings. The Balaban J connectivity index is 1.76. The predicted molar refractivity (Wildman–Crippen MR) is 116 cm³/mol. The van der Waals surface area contributed by atoms with E-state index in [1.54, 1.807) is 31.8 Å². The molecule has 0 fully saturated rings. The fraction of sp³-hybridized carbons (Fsp3) is 0.217. The van der Waals surface area contributed by atoms with Gasteiger partial charge in [-0.2, -0.15) is 5.26 Å². The van der Waals surface area contributed by atoms with Crippen molar-refractivity contribution in [3.8, 4) is 40.2 Å². The molecule has 0 saturated carbocycles. The molecule has 1 aromatic carbocycles. The number of phenolic OH excluding ortho intramolecular Hbond substituents is 1. The van der Waals surface area contributed by atoms with Crippen LogP contribution in [0.4, 0.5) is 0 Å². The Morgan fingerprint density at radius 3 is 2.58 bits per heavy atom. The number of benzene rings is 1. The zero-order valence-electron chi connectivity index (χ0n) is 17.4. The van der Waals surface area contributed by atoms with Gasteiger partial charge in [-0.15, -0.1) is 0 Å². The number of ether oxygens (including phenoxy) is 2. The smallest absolute Gasteiger partial charge is 0.316 e. The van der Waals surface area contributed by atoms with Crippen LogP contribution >= 0.6 is 0 Å². The molecule has 0 radical (unpaired) electrons. The topological polar surface area (TPSA) is 117 Å². The van der Waals surface area contributed by atoms with Crippen molar-refractivity contribution >= 4 is 11.0 Å². The van der Waals surface area contributed by atoms with Gasteiger partial charge in [-0.3, -0.25) is 0 Å². The number of hydrogen-bond donors (Lipinski definition) is 2. The van der Waals surface area contributed by atoms with E-state index in [4.69, 9.17) is 9.47 Å². The third kappa shape index (κ3) is 3.79. The van der Waals surface area contributed by atoms with Gasteiger partial charge in [0.15, 0.2) is 0 Å². The number of hydrogen-bond acceptors (Lipinski definition) is 7. The Morgan fingerprint density at radius 1 is 1.10 bits per heavy atom. The molecule has 0 spiro atoms. The van der Waals surface area contributed by atoms with Crippen LogP contribution in [0.1, 0.15) is 16.7 Å². The maximum Gasteiger partial charge on any atom is 0.316 e. The van der Waals surface area contributed by atoms with Crippen molar-refractivity contribution in [2.45, 2.75) is 13.8 Å². The summed E-state index contributed by atoms with van der Waals surface area (Å²) in [5.41, 5.74) is 5.73. The monoisotopic (exact) mass is 415 g/mol. The third-order valence-corrected chi connectivity index (χ3v) is 5.14. The molecule has 0 unspecified atom stereocenters. The molecule has 2 N–H and O–H groups in total. The highest BCUT2D eigenvalue weighted by Crippen LogP contribution is 2.37. The molecule has 0 amide bonds. The van der Waals surface area contributed by atoms with Gasteiger partial charge in [0.1, 0.15) is 24.1 Å². The summed E-state index contributed by atoms with van der Waals surface area (Å²) in [6, 6.07) is 7.93. The average Bonchev–Trinajstić information content (AvgIpc) is 3.21. The lowest BCUT2D eigenvalue weighted by Gasteiger charge is -2.13. The second-order valence-corrected chi connectivity index (χ2v) is 7.10. The average molecular weight is 415 g/mol. The largest absolute Gasteiger partial charge is 0.508 e. The maximum absolute atomic E-state index is 10.2. The number of pyridine rings is 1. The summed E-state index contributed by atoms with van der Waals surface area (Å²) >= 11 is 0. The van der Waals surface area contributed by atoms with Crippen LogP contribution in [-0.4, -0.2) is 45.4 Å². The van der Waals surface area contributed by atoms with Crippen molar-refractivity contribution in [1.82, 2.24) is 19.9 Å². The summed E-state index contributed by atoms with van der Waals surface area (Å²) in [5, 5.41) is 20.8. The van der Waals surface area contributed by atoms with Crippen molar-refractivity contribution < 1.29 is 14.6 Å². The Morgan fingerprint density at radius 2 is 1.87 bits per heavy atom. The number of rotatable bonds is 6. The maximum atomic E-state index is 10.2. The molecule has 0 saturated heterocycles. The molecule has 0 bridgehead atoms. The molecule has 3 aromatic heterocycles. The van der Waals surface area contributed by atoms with E-state index in [0.29, 0.717) is 40.9 Å². The van der Waals surface area contributed by atoms with Crippen molar-refractivity contribution in [2.24, 2.45) is 0 Å². The standard InChI is InChI=1S/C23H21N5O3/c1-13-4-5-20(29)14(2)21(13)18-12-25-22-16(17(18)9-24)8-19(28-22)15-10-26-23(27-11-15)31-7-6-30-3/h4-5,8,10-12,29H,6-7H2,1-3H3,(H,25,28). The minimum absolute atomic E-state index is 0.185. The van der Waals surface area contributed by atoms with E-state index < -0.39 is 0 Å². The van der Waals surface area contributed by atoms with Gasteiger partial charge in [-0.05, 0) is 42.7 Å². The van der Waals surface area contributed by atoms with E-state index >= 15 is 0 Å². The van der Waals surface area contributed by atoms with Gasteiger partial charge >= 0.3 is 6.01 Å². The van der Waals surface area contributed by atoms with Gasteiger partial charge in [0, 0.05) is 42.2 Å². The van der Waals surface area contributed by atoms with Gasteiger partial charge in [0.2, 0.25) is 0 Å². The molecule has 8 heteroatoms. The summed E-state index contributed by atoms with van der Waals surface area (Å²) < 4.78 is 10.3. The van der Waals surface area contributed by atoms with Crippen molar-refractivity contribution in [2.75, 3.05) is 20.3 Å². The summed E-state index contributed by atoms with van der Waals surface area (Å²) in [6.45, 7) is 4.60. The fourth-order valence-electron chi connectivity index (χ4n) is 3.54. The molecular weight excluding hydrogens is 394 g/mol. The molecule has 8 nitrogen and oxygen atoms in total. The van der Waals surface area contributed by atoms with Gasteiger partial charge < -0.3 is 19.6 Å². The van der Waals surface area contributed by atoms with Crippen molar-refractivity contribution in [1.29, 1.82) is 5.26 Å². The first-order valence-corrected chi connectivity index (χ1v) is 9.69. The van der Waals surface area contributed by atoms with Crippen molar-refractivity contribution in [3.05, 3.63) is 53.5 Å². The molecule has 156 valence electrons. The number of aryl methyl sites for hydroxylation is 1. The van der Waals surface area contributed by atoms with Crippen LogP contribution < -0.4 is 4.74 Å². The van der Waals surface area contributed by atoms with Crippen LogP contribution in [0.2, 0.25) is 0 Å². The number of H-pyrrole nitrogens is 1. The zero-order valence-corrected chi connectivity index (χ0v) is 17.4. The molecule has 0 aliphatic heterocycles. The normalized spacial score (nSPS) is 10.9. The van der Waals surface area contributed by atoms with E-state index in [1.807, 2.05) is 26.0 Å². The van der Waals surface area contributed by atoms with Crippen LogP contribution in [0, 0.1) is 25.2 Å². The van der Waals surface area contributed by atoms with Crippen molar-refractivity contribution in [3.63, 3.8) is 0 Å². The minimum Gasteiger partial charge on any atom is -0.508 e. The second kappa shape index (κ2) is 8.42. The highest BCUT2D eigenvalue weighted by Gasteiger charge is 2.18. The molecule has 0 aliphatic rings. The lowest BCUT2D eigenvalue weighted by molar-refractivity contribution is 0.141. The number of methoxy groups -OCH3 is 1. The Hall–Kier alpha value is -3.96. The molecule has 3 heterocycles. The number of nitrogens with zero attached hydrogens (tertiary/aromatic N) is 4. The van der Waals surface area contributed by atoms with Gasteiger partial charge in [0.05, 0.1) is 17.9 Å². The Labute approximate surface area is 179 Å². The highest BCUT2D eigenvalue weighted by atomic mass is 16.5. The summed E-state index contributed by atoms with van der Waals surface area (Å²) in [7, 11) is 1.60. The quantitative estimate of drug-likeness (QED) is 0.459. The number of aromatic nitrogens is 4. The van der Waals surface area contributed by atoms with E-state index in [1.165, 1.54) is 0 Å².